The summed E-state index contributed by atoms with van der Waals surface area (Å²) in [6.07, 6.45) is 1.43. The Hall–Kier alpha value is -4.11. The molecule has 3 aromatic carbocycles. The van der Waals surface area contributed by atoms with Crippen molar-refractivity contribution < 1.29 is 18.7 Å². The molecule has 0 radical (unpaired) electrons. The molecular formula is C25H21FN2O3. The number of hydrogen-bond acceptors (Lipinski definition) is 4. The third-order valence-electron chi connectivity index (χ3n) is 4.54. The van der Waals surface area contributed by atoms with Crippen LogP contribution < -0.4 is 14.8 Å². The Morgan fingerprint density at radius 3 is 2.55 bits per heavy atom. The maximum absolute atomic E-state index is 13.9. The lowest BCUT2D eigenvalue weighted by atomic mass is 10.1. The van der Waals surface area contributed by atoms with Gasteiger partial charge >= 0.3 is 0 Å². The van der Waals surface area contributed by atoms with Gasteiger partial charge in [0.1, 0.15) is 35.6 Å². The fourth-order valence-corrected chi connectivity index (χ4v) is 2.80. The molecule has 0 unspecified atom stereocenters. The number of rotatable bonds is 7. The first-order chi connectivity index (χ1) is 15.0. The lowest BCUT2D eigenvalue weighted by Gasteiger charge is -2.12. The molecule has 1 amide bonds. The van der Waals surface area contributed by atoms with Crippen molar-refractivity contribution in [2.24, 2.45) is 0 Å². The summed E-state index contributed by atoms with van der Waals surface area (Å²) in [5.41, 5.74) is 2.43. The van der Waals surface area contributed by atoms with E-state index in [0.717, 1.165) is 5.56 Å². The normalized spacial score (nSPS) is 10.8. The number of carbonyl (C=O) groups is 1. The first-order valence-electron chi connectivity index (χ1n) is 9.54. The summed E-state index contributed by atoms with van der Waals surface area (Å²) in [5.74, 6) is -0.0262. The van der Waals surface area contributed by atoms with E-state index in [1.165, 1.54) is 19.3 Å². The lowest BCUT2D eigenvalue weighted by molar-refractivity contribution is -0.112. The van der Waals surface area contributed by atoms with E-state index in [1.807, 2.05) is 25.1 Å². The van der Waals surface area contributed by atoms with E-state index < -0.39 is 5.91 Å². The van der Waals surface area contributed by atoms with Crippen LogP contribution in [0.2, 0.25) is 0 Å². The number of amides is 1. The van der Waals surface area contributed by atoms with Crippen molar-refractivity contribution in [1.82, 2.24) is 0 Å². The molecule has 6 heteroatoms. The van der Waals surface area contributed by atoms with Crippen LogP contribution in [0.25, 0.3) is 6.08 Å². The van der Waals surface area contributed by atoms with Gasteiger partial charge < -0.3 is 14.8 Å². The number of nitrogens with zero attached hydrogens (tertiary/aromatic N) is 1. The van der Waals surface area contributed by atoms with Crippen LogP contribution in [0.3, 0.4) is 0 Å². The number of aryl methyl sites for hydroxylation is 1. The van der Waals surface area contributed by atoms with Gasteiger partial charge in [-0.3, -0.25) is 4.79 Å². The van der Waals surface area contributed by atoms with E-state index in [2.05, 4.69) is 5.32 Å². The number of carbonyl (C=O) groups excluding carboxylic acids is 1. The molecule has 0 bridgehead atoms. The highest BCUT2D eigenvalue weighted by Gasteiger charge is 2.13. The van der Waals surface area contributed by atoms with Gasteiger partial charge in [0.2, 0.25) is 0 Å². The zero-order chi connectivity index (χ0) is 22.2. The van der Waals surface area contributed by atoms with Crippen LogP contribution in [0.4, 0.5) is 10.1 Å². The Balaban J connectivity index is 1.86. The third-order valence-corrected chi connectivity index (χ3v) is 4.54. The largest absolute Gasteiger partial charge is 0.497 e. The quantitative estimate of drug-likeness (QED) is 0.421. The second-order valence-corrected chi connectivity index (χ2v) is 6.77. The molecule has 0 fully saturated rings. The first kappa shape index (κ1) is 21.6. The smallest absolute Gasteiger partial charge is 0.266 e. The van der Waals surface area contributed by atoms with Gasteiger partial charge in [0.25, 0.3) is 5.91 Å². The number of methoxy groups -OCH3 is 1. The van der Waals surface area contributed by atoms with Gasteiger partial charge in [-0.1, -0.05) is 35.9 Å². The second-order valence-electron chi connectivity index (χ2n) is 6.77. The molecule has 0 spiro atoms. The van der Waals surface area contributed by atoms with Crippen molar-refractivity contribution in [1.29, 1.82) is 5.26 Å². The van der Waals surface area contributed by atoms with E-state index in [0.29, 0.717) is 28.3 Å². The van der Waals surface area contributed by atoms with Crippen LogP contribution in [0.5, 0.6) is 11.5 Å². The molecule has 5 nitrogen and oxygen atoms in total. The highest BCUT2D eigenvalue weighted by atomic mass is 19.1. The summed E-state index contributed by atoms with van der Waals surface area (Å²) in [6, 6.07) is 20.5. The SMILES string of the molecule is COc1ccc(/C=C(\C#N)C(=O)Nc2ccc(C)cc2)c(OCc2ccccc2F)c1. The van der Waals surface area contributed by atoms with Crippen LogP contribution >= 0.6 is 0 Å². The van der Waals surface area contributed by atoms with E-state index in [4.69, 9.17) is 9.47 Å². The summed E-state index contributed by atoms with van der Waals surface area (Å²) in [6.45, 7) is 1.93. The zero-order valence-corrected chi connectivity index (χ0v) is 17.2. The third kappa shape index (κ3) is 5.71. The minimum absolute atomic E-state index is 0.0157. The van der Waals surface area contributed by atoms with E-state index in [-0.39, 0.29) is 18.0 Å². The van der Waals surface area contributed by atoms with Crippen molar-refractivity contribution in [3.05, 3.63) is 94.8 Å². The molecule has 0 atom stereocenters. The lowest BCUT2D eigenvalue weighted by Crippen LogP contribution is -2.13. The van der Waals surface area contributed by atoms with E-state index in [1.54, 1.807) is 48.5 Å². The molecule has 0 saturated carbocycles. The standard InChI is InChI=1S/C25H21FN2O3/c1-17-7-10-21(11-8-17)28-25(29)20(15-27)13-18-9-12-22(30-2)14-24(18)31-16-19-5-3-4-6-23(19)26/h3-14H,16H2,1-2H3,(H,28,29)/b20-13+. The fourth-order valence-electron chi connectivity index (χ4n) is 2.80. The minimum Gasteiger partial charge on any atom is -0.497 e. The van der Waals surface area contributed by atoms with Crippen LogP contribution in [-0.2, 0) is 11.4 Å². The topological polar surface area (TPSA) is 71.3 Å². The molecule has 0 aliphatic rings. The van der Waals surface area contributed by atoms with E-state index >= 15 is 0 Å². The Morgan fingerprint density at radius 1 is 1.13 bits per heavy atom. The molecule has 3 rings (SSSR count). The number of ether oxygens (including phenoxy) is 2. The van der Waals surface area contributed by atoms with Crippen molar-refractivity contribution in [2.45, 2.75) is 13.5 Å². The molecule has 1 N–H and O–H groups in total. The van der Waals surface area contributed by atoms with Gasteiger partial charge in [0.15, 0.2) is 0 Å². The number of benzene rings is 3. The molecule has 3 aromatic rings. The Labute approximate surface area is 180 Å². The van der Waals surface area contributed by atoms with Gasteiger partial charge in [-0.05, 0) is 43.3 Å². The number of hydrogen-bond donors (Lipinski definition) is 1. The maximum Gasteiger partial charge on any atom is 0.266 e. The first-order valence-corrected chi connectivity index (χ1v) is 9.54. The molecule has 0 heterocycles. The highest BCUT2D eigenvalue weighted by molar-refractivity contribution is 6.09. The van der Waals surface area contributed by atoms with Crippen LogP contribution in [0.15, 0.2) is 72.3 Å². The van der Waals surface area contributed by atoms with Gasteiger partial charge in [-0.2, -0.15) is 5.26 Å². The van der Waals surface area contributed by atoms with Crippen molar-refractivity contribution in [3.8, 4) is 17.6 Å². The van der Waals surface area contributed by atoms with Gasteiger partial charge in [-0.15, -0.1) is 0 Å². The van der Waals surface area contributed by atoms with E-state index in [9.17, 15) is 14.4 Å². The van der Waals surface area contributed by atoms with Crippen molar-refractivity contribution in [2.75, 3.05) is 12.4 Å². The fraction of sp³-hybridized carbons (Fsp3) is 0.120. The second kappa shape index (κ2) is 10.1. The van der Waals surface area contributed by atoms with Crippen molar-refractivity contribution in [3.63, 3.8) is 0 Å². The Bertz CT molecular complexity index is 1150. The van der Waals surface area contributed by atoms with Gasteiger partial charge in [-0.25, -0.2) is 4.39 Å². The summed E-state index contributed by atoms with van der Waals surface area (Å²) < 4.78 is 25.0. The number of nitrogens with one attached hydrogen (secondary N) is 1. The molecule has 31 heavy (non-hydrogen) atoms. The van der Waals surface area contributed by atoms with Crippen LogP contribution in [-0.4, -0.2) is 13.0 Å². The summed E-state index contributed by atoms with van der Waals surface area (Å²) in [7, 11) is 1.52. The number of nitriles is 1. The Morgan fingerprint density at radius 2 is 1.87 bits per heavy atom. The molecule has 0 aliphatic carbocycles. The van der Waals surface area contributed by atoms with Gasteiger partial charge in [0.05, 0.1) is 7.11 Å². The predicted molar refractivity (Wildman–Crippen MR) is 117 cm³/mol. The average molecular weight is 416 g/mol. The minimum atomic E-state index is -0.540. The van der Waals surface area contributed by atoms with Crippen LogP contribution in [0.1, 0.15) is 16.7 Å². The van der Waals surface area contributed by atoms with Crippen molar-refractivity contribution >= 4 is 17.7 Å². The Kier molecular flexibility index (Phi) is 7.02. The van der Waals surface area contributed by atoms with Crippen LogP contribution in [0, 0.1) is 24.1 Å². The highest BCUT2D eigenvalue weighted by Crippen LogP contribution is 2.28. The zero-order valence-electron chi connectivity index (χ0n) is 17.2. The monoisotopic (exact) mass is 416 g/mol. The maximum atomic E-state index is 13.9. The molecule has 0 saturated heterocycles. The van der Waals surface area contributed by atoms with Gasteiger partial charge in [0, 0.05) is 22.9 Å². The molecule has 0 aromatic heterocycles. The molecular weight excluding hydrogens is 395 g/mol. The average Bonchev–Trinajstić information content (AvgIpc) is 2.78. The number of anilines is 1. The number of halogens is 1. The molecule has 0 aliphatic heterocycles. The predicted octanol–water partition coefficient (Wildman–Crippen LogP) is 5.27. The summed E-state index contributed by atoms with van der Waals surface area (Å²) >= 11 is 0. The molecule has 156 valence electrons. The summed E-state index contributed by atoms with van der Waals surface area (Å²) in [4.78, 5) is 12.6. The summed E-state index contributed by atoms with van der Waals surface area (Å²) in [5, 5.41) is 12.2.